The van der Waals surface area contributed by atoms with Crippen molar-refractivity contribution >= 4 is 21.8 Å². The molecule has 0 spiro atoms. The van der Waals surface area contributed by atoms with Crippen molar-refractivity contribution < 1.29 is 0 Å². The highest BCUT2D eigenvalue weighted by atomic mass is 79.9. The third kappa shape index (κ3) is 2.68. The molecule has 2 rings (SSSR count). The first-order valence-electron chi connectivity index (χ1n) is 6.16. The van der Waals surface area contributed by atoms with Crippen LogP contribution in [-0.2, 0) is 12.8 Å². The van der Waals surface area contributed by atoms with Crippen molar-refractivity contribution in [1.29, 1.82) is 5.41 Å². The molecule has 0 radical (unpaired) electrons. The molecule has 1 aromatic heterocycles. The molecule has 2 aromatic rings. The average Bonchev–Trinajstić information content (AvgIpc) is 2.81. The molecule has 0 atom stereocenters. The minimum Gasteiger partial charge on any atom is -0.384 e. The van der Waals surface area contributed by atoms with Crippen molar-refractivity contribution in [2.24, 2.45) is 5.73 Å². The molecule has 0 saturated carbocycles. The van der Waals surface area contributed by atoms with Crippen LogP contribution in [0.15, 0.2) is 22.7 Å². The van der Waals surface area contributed by atoms with Gasteiger partial charge in [0.05, 0.1) is 5.69 Å². The van der Waals surface area contributed by atoms with Crippen LogP contribution >= 0.6 is 15.9 Å². The topological polar surface area (TPSA) is 80.6 Å². The largest absolute Gasteiger partial charge is 0.384 e. The number of nitrogens with zero attached hydrogens (tertiary/aromatic N) is 3. The summed E-state index contributed by atoms with van der Waals surface area (Å²) in [6.07, 6.45) is 1.56. The van der Waals surface area contributed by atoms with Crippen LogP contribution in [0.25, 0.3) is 5.69 Å². The maximum absolute atomic E-state index is 7.68. The van der Waals surface area contributed by atoms with E-state index in [-0.39, 0.29) is 5.84 Å². The Morgan fingerprint density at radius 3 is 2.68 bits per heavy atom. The van der Waals surface area contributed by atoms with Gasteiger partial charge in [0.15, 0.2) is 5.82 Å². The van der Waals surface area contributed by atoms with Crippen LogP contribution in [0, 0.1) is 5.41 Å². The lowest BCUT2D eigenvalue weighted by molar-refractivity contribution is 0.789. The molecule has 0 aliphatic rings. The van der Waals surface area contributed by atoms with Crippen molar-refractivity contribution in [3.8, 4) is 5.69 Å². The lowest BCUT2D eigenvalue weighted by Gasteiger charge is -2.10. The Balaban J connectivity index is 2.66. The summed E-state index contributed by atoms with van der Waals surface area (Å²) in [7, 11) is 0. The fraction of sp³-hybridized carbons (Fsp3) is 0.308. The third-order valence-corrected chi connectivity index (χ3v) is 3.32. The molecule has 0 saturated heterocycles. The maximum atomic E-state index is 7.68. The Hall–Kier alpha value is -1.69. The summed E-state index contributed by atoms with van der Waals surface area (Å²) in [5.74, 6) is 1.70. The van der Waals surface area contributed by atoms with E-state index in [1.165, 1.54) is 0 Å². The summed E-state index contributed by atoms with van der Waals surface area (Å²) in [5.41, 5.74) is 7.08. The summed E-state index contributed by atoms with van der Waals surface area (Å²) >= 11 is 3.44. The van der Waals surface area contributed by atoms with Crippen molar-refractivity contribution in [2.45, 2.75) is 26.7 Å². The number of rotatable bonds is 4. The lowest BCUT2D eigenvalue weighted by Crippen LogP contribution is -2.16. The number of aromatic nitrogens is 3. The Bertz CT molecular complexity index is 617. The summed E-state index contributed by atoms with van der Waals surface area (Å²) in [6, 6.07) is 5.59. The van der Waals surface area contributed by atoms with E-state index in [9.17, 15) is 0 Å². The minimum absolute atomic E-state index is 0.0260. The number of nitrogens with one attached hydrogen (secondary N) is 1. The van der Waals surface area contributed by atoms with Gasteiger partial charge in [-0.15, -0.1) is 0 Å². The Morgan fingerprint density at radius 1 is 1.37 bits per heavy atom. The maximum Gasteiger partial charge on any atom is 0.151 e. The molecule has 6 heteroatoms. The minimum atomic E-state index is 0.0260. The highest BCUT2D eigenvalue weighted by Gasteiger charge is 2.14. The van der Waals surface area contributed by atoms with Gasteiger partial charge in [0, 0.05) is 22.9 Å². The highest BCUT2D eigenvalue weighted by molar-refractivity contribution is 9.10. The molecule has 0 amide bonds. The Morgan fingerprint density at radius 2 is 2.11 bits per heavy atom. The molecular weight excluding hydrogens is 306 g/mol. The van der Waals surface area contributed by atoms with Crippen LogP contribution < -0.4 is 5.73 Å². The van der Waals surface area contributed by atoms with Crippen molar-refractivity contribution in [1.82, 2.24) is 14.8 Å². The van der Waals surface area contributed by atoms with E-state index in [1.807, 2.05) is 32.0 Å². The number of benzene rings is 1. The van der Waals surface area contributed by atoms with Gasteiger partial charge in [0.25, 0.3) is 0 Å². The first-order chi connectivity index (χ1) is 9.06. The van der Waals surface area contributed by atoms with Gasteiger partial charge in [0.2, 0.25) is 0 Å². The van der Waals surface area contributed by atoms with Crippen LogP contribution in [0.5, 0.6) is 0 Å². The molecular formula is C13H16BrN5. The molecule has 100 valence electrons. The van der Waals surface area contributed by atoms with Gasteiger partial charge < -0.3 is 5.73 Å². The van der Waals surface area contributed by atoms with E-state index < -0.39 is 0 Å². The molecule has 0 fully saturated rings. The lowest BCUT2D eigenvalue weighted by atomic mass is 10.1. The number of aryl methyl sites for hydroxylation is 2. The van der Waals surface area contributed by atoms with Gasteiger partial charge in [-0.05, 0) is 18.2 Å². The Labute approximate surface area is 120 Å². The first-order valence-corrected chi connectivity index (χ1v) is 6.95. The zero-order valence-electron chi connectivity index (χ0n) is 10.9. The number of amidine groups is 1. The normalized spacial score (nSPS) is 10.7. The molecule has 19 heavy (non-hydrogen) atoms. The second-order valence-electron chi connectivity index (χ2n) is 4.14. The predicted octanol–water partition coefficient (Wildman–Crippen LogP) is 2.44. The van der Waals surface area contributed by atoms with Crippen LogP contribution in [0.4, 0.5) is 0 Å². The first kappa shape index (κ1) is 13.7. The fourth-order valence-electron chi connectivity index (χ4n) is 1.87. The Kier molecular flexibility index (Phi) is 3.99. The SMILES string of the molecule is CCc1nc(CC)n(-c2cc(Br)ccc2C(=N)N)n1. The van der Waals surface area contributed by atoms with Crippen LogP contribution in [-0.4, -0.2) is 20.6 Å². The van der Waals surface area contributed by atoms with Gasteiger partial charge >= 0.3 is 0 Å². The van der Waals surface area contributed by atoms with Gasteiger partial charge in [-0.1, -0.05) is 29.8 Å². The standard InChI is InChI=1S/C13H16BrN5/c1-3-11-17-12(4-2)19(18-11)10-7-8(14)5-6-9(10)13(15)16/h5-7H,3-4H2,1-2H3,(H3,15,16). The highest BCUT2D eigenvalue weighted by Crippen LogP contribution is 2.21. The molecule has 0 unspecified atom stereocenters. The van der Waals surface area contributed by atoms with E-state index in [1.54, 1.807) is 4.68 Å². The van der Waals surface area contributed by atoms with Crippen molar-refractivity contribution in [2.75, 3.05) is 0 Å². The summed E-state index contributed by atoms with van der Waals surface area (Å²) in [5, 5.41) is 12.2. The van der Waals surface area contributed by atoms with Gasteiger partial charge in [0.1, 0.15) is 11.7 Å². The quantitative estimate of drug-likeness (QED) is 0.670. The van der Waals surface area contributed by atoms with E-state index in [0.717, 1.165) is 34.7 Å². The number of hydrogen-bond acceptors (Lipinski definition) is 3. The molecule has 3 N–H and O–H groups in total. The zero-order chi connectivity index (χ0) is 14.0. The number of nitrogens with two attached hydrogens (primary N) is 1. The van der Waals surface area contributed by atoms with Crippen LogP contribution in [0.3, 0.4) is 0 Å². The molecule has 1 heterocycles. The summed E-state index contributed by atoms with van der Waals surface area (Å²) in [4.78, 5) is 4.48. The van der Waals surface area contributed by atoms with Gasteiger partial charge in [-0.3, -0.25) is 5.41 Å². The van der Waals surface area contributed by atoms with Crippen LogP contribution in [0.2, 0.25) is 0 Å². The second-order valence-corrected chi connectivity index (χ2v) is 5.05. The molecule has 5 nitrogen and oxygen atoms in total. The number of hydrogen-bond donors (Lipinski definition) is 2. The van der Waals surface area contributed by atoms with Gasteiger partial charge in [-0.2, -0.15) is 5.10 Å². The molecule has 0 aliphatic carbocycles. The summed E-state index contributed by atoms with van der Waals surface area (Å²) in [6.45, 7) is 4.05. The van der Waals surface area contributed by atoms with E-state index in [0.29, 0.717) is 5.56 Å². The molecule has 0 bridgehead atoms. The molecule has 1 aromatic carbocycles. The van der Waals surface area contributed by atoms with E-state index in [4.69, 9.17) is 11.1 Å². The monoisotopic (exact) mass is 321 g/mol. The second kappa shape index (κ2) is 5.52. The summed E-state index contributed by atoms with van der Waals surface area (Å²) < 4.78 is 2.70. The molecule has 0 aliphatic heterocycles. The zero-order valence-corrected chi connectivity index (χ0v) is 12.5. The average molecular weight is 322 g/mol. The van der Waals surface area contributed by atoms with Crippen molar-refractivity contribution in [3.63, 3.8) is 0 Å². The predicted molar refractivity (Wildman–Crippen MR) is 78.8 cm³/mol. The van der Waals surface area contributed by atoms with E-state index in [2.05, 4.69) is 26.0 Å². The smallest absolute Gasteiger partial charge is 0.151 e. The van der Waals surface area contributed by atoms with Crippen molar-refractivity contribution in [3.05, 3.63) is 39.9 Å². The van der Waals surface area contributed by atoms with E-state index >= 15 is 0 Å². The number of nitrogen functional groups attached to an aromatic ring is 1. The van der Waals surface area contributed by atoms with Gasteiger partial charge in [-0.25, -0.2) is 9.67 Å². The van der Waals surface area contributed by atoms with Crippen LogP contribution in [0.1, 0.15) is 31.1 Å². The third-order valence-electron chi connectivity index (χ3n) is 2.83. The number of halogens is 1. The fourth-order valence-corrected chi connectivity index (χ4v) is 2.22.